The summed E-state index contributed by atoms with van der Waals surface area (Å²) in [6.07, 6.45) is 2.31. The average Bonchev–Trinajstić information content (AvgIpc) is 2.29. The number of anilines is 1. The highest BCUT2D eigenvalue weighted by Crippen LogP contribution is 2.36. The fraction of sp³-hybridized carbons (Fsp3) is 0.538. The Hall–Kier alpha value is -1.22. The highest BCUT2D eigenvalue weighted by Gasteiger charge is 2.33. The van der Waals surface area contributed by atoms with Crippen LogP contribution in [-0.2, 0) is 6.42 Å². The summed E-state index contributed by atoms with van der Waals surface area (Å²) < 4.78 is 0. The van der Waals surface area contributed by atoms with E-state index in [9.17, 15) is 5.11 Å². The van der Waals surface area contributed by atoms with E-state index in [-0.39, 0.29) is 0 Å². The fourth-order valence-electron chi connectivity index (χ4n) is 3.17. The molecule has 86 valence electrons. The lowest BCUT2D eigenvalue weighted by atomic mass is 9.82. The van der Waals surface area contributed by atoms with Gasteiger partial charge in [-0.3, -0.25) is 0 Å². The molecule has 0 radical (unpaired) electrons. The maximum atomic E-state index is 9.54. The highest BCUT2D eigenvalue weighted by molar-refractivity contribution is 5.58. The van der Waals surface area contributed by atoms with Gasteiger partial charge in [0, 0.05) is 25.3 Å². The lowest BCUT2D eigenvalue weighted by Crippen LogP contribution is -2.51. The van der Waals surface area contributed by atoms with Gasteiger partial charge >= 0.3 is 0 Å². The van der Waals surface area contributed by atoms with Crippen LogP contribution in [0, 0.1) is 5.92 Å². The van der Waals surface area contributed by atoms with Gasteiger partial charge in [-0.25, -0.2) is 0 Å². The van der Waals surface area contributed by atoms with Crippen molar-refractivity contribution in [1.29, 1.82) is 0 Å². The number of phenolic OH excluding ortho intramolecular Hbond substituents is 1. The topological polar surface area (TPSA) is 35.5 Å². The van der Waals surface area contributed by atoms with Crippen LogP contribution in [0.25, 0.3) is 0 Å². The molecule has 1 aromatic carbocycles. The van der Waals surface area contributed by atoms with Crippen molar-refractivity contribution in [2.24, 2.45) is 5.92 Å². The van der Waals surface area contributed by atoms with E-state index in [1.54, 1.807) is 6.07 Å². The monoisotopic (exact) mass is 218 g/mol. The first-order valence-corrected chi connectivity index (χ1v) is 6.01. The Balaban J connectivity index is 1.99. The number of nitrogens with zero attached hydrogens (tertiary/aromatic N) is 1. The summed E-state index contributed by atoms with van der Waals surface area (Å²) in [6.45, 7) is 2.23. The highest BCUT2D eigenvalue weighted by atomic mass is 16.3. The maximum Gasteiger partial charge on any atom is 0.116 e. The van der Waals surface area contributed by atoms with Gasteiger partial charge < -0.3 is 15.3 Å². The van der Waals surface area contributed by atoms with E-state index < -0.39 is 0 Å². The van der Waals surface area contributed by atoms with Crippen LogP contribution in [0.5, 0.6) is 5.75 Å². The average molecular weight is 218 g/mol. The van der Waals surface area contributed by atoms with Gasteiger partial charge in [0.15, 0.2) is 0 Å². The van der Waals surface area contributed by atoms with Gasteiger partial charge in [-0.15, -0.1) is 0 Å². The SMILES string of the molecule is CN1c2ccc(O)cc2CC2CNCCC21. The molecular weight excluding hydrogens is 200 g/mol. The first-order chi connectivity index (χ1) is 7.75. The normalized spacial score (nSPS) is 28.4. The maximum absolute atomic E-state index is 9.54. The predicted molar refractivity (Wildman–Crippen MR) is 65.0 cm³/mol. The Morgan fingerprint density at radius 3 is 3.19 bits per heavy atom. The van der Waals surface area contributed by atoms with E-state index in [4.69, 9.17) is 0 Å². The van der Waals surface area contributed by atoms with E-state index in [1.807, 2.05) is 12.1 Å². The van der Waals surface area contributed by atoms with Gasteiger partial charge in [0.2, 0.25) is 0 Å². The molecule has 2 N–H and O–H groups in total. The second-order valence-electron chi connectivity index (χ2n) is 4.95. The minimum absolute atomic E-state index is 0.384. The van der Waals surface area contributed by atoms with Gasteiger partial charge in [0.05, 0.1) is 0 Å². The molecule has 1 fully saturated rings. The Labute approximate surface area is 96.1 Å². The third-order valence-electron chi connectivity index (χ3n) is 3.99. The van der Waals surface area contributed by atoms with E-state index in [2.05, 4.69) is 17.3 Å². The lowest BCUT2D eigenvalue weighted by Gasteiger charge is -2.44. The molecule has 3 rings (SSSR count). The van der Waals surface area contributed by atoms with Crippen LogP contribution in [0.2, 0.25) is 0 Å². The largest absolute Gasteiger partial charge is 0.508 e. The second kappa shape index (κ2) is 3.67. The second-order valence-corrected chi connectivity index (χ2v) is 4.95. The Morgan fingerprint density at radius 2 is 2.31 bits per heavy atom. The smallest absolute Gasteiger partial charge is 0.116 e. The number of hydrogen-bond acceptors (Lipinski definition) is 3. The number of nitrogens with one attached hydrogen (secondary N) is 1. The van der Waals surface area contributed by atoms with Crippen molar-refractivity contribution in [3.63, 3.8) is 0 Å². The molecule has 16 heavy (non-hydrogen) atoms. The van der Waals surface area contributed by atoms with Crippen LogP contribution in [0.4, 0.5) is 5.69 Å². The minimum atomic E-state index is 0.384. The van der Waals surface area contributed by atoms with Crippen LogP contribution < -0.4 is 10.2 Å². The van der Waals surface area contributed by atoms with Crippen molar-refractivity contribution in [1.82, 2.24) is 5.32 Å². The number of rotatable bonds is 0. The number of aromatic hydroxyl groups is 1. The van der Waals surface area contributed by atoms with Crippen molar-refractivity contribution in [2.75, 3.05) is 25.0 Å². The molecule has 2 atom stereocenters. The first kappa shape index (κ1) is 9.97. The predicted octanol–water partition coefficient (Wildman–Crippen LogP) is 1.36. The molecule has 0 spiro atoms. The third kappa shape index (κ3) is 1.47. The molecule has 0 bridgehead atoms. The van der Waals surface area contributed by atoms with Crippen LogP contribution in [0.1, 0.15) is 12.0 Å². The summed E-state index contributed by atoms with van der Waals surface area (Å²) in [6, 6.07) is 6.41. The zero-order valence-electron chi connectivity index (χ0n) is 9.61. The van der Waals surface area contributed by atoms with Crippen molar-refractivity contribution in [3.8, 4) is 5.75 Å². The van der Waals surface area contributed by atoms with Crippen molar-refractivity contribution in [2.45, 2.75) is 18.9 Å². The number of benzene rings is 1. The van der Waals surface area contributed by atoms with Gasteiger partial charge in [-0.05, 0) is 49.1 Å². The molecule has 3 heteroatoms. The van der Waals surface area contributed by atoms with E-state index in [0.29, 0.717) is 17.7 Å². The van der Waals surface area contributed by atoms with Crippen LogP contribution in [0.15, 0.2) is 18.2 Å². The standard InChI is InChI=1S/C13H18N2O/c1-15-12-3-2-11(16)7-9(12)6-10-8-14-5-4-13(10)15/h2-3,7,10,13-14,16H,4-6,8H2,1H3. The summed E-state index contributed by atoms with van der Waals surface area (Å²) in [5.74, 6) is 1.07. The number of phenols is 1. The van der Waals surface area contributed by atoms with Gasteiger partial charge in [-0.2, -0.15) is 0 Å². The van der Waals surface area contributed by atoms with E-state index in [1.165, 1.54) is 17.7 Å². The third-order valence-corrected chi connectivity index (χ3v) is 3.99. The van der Waals surface area contributed by atoms with E-state index in [0.717, 1.165) is 19.5 Å². The molecule has 2 heterocycles. The first-order valence-electron chi connectivity index (χ1n) is 6.01. The van der Waals surface area contributed by atoms with Gasteiger partial charge in [0.1, 0.15) is 5.75 Å². The minimum Gasteiger partial charge on any atom is -0.508 e. The zero-order valence-corrected chi connectivity index (χ0v) is 9.61. The quantitative estimate of drug-likeness (QED) is 0.690. The molecule has 0 aliphatic carbocycles. The summed E-state index contributed by atoms with van der Waals surface area (Å²) in [5, 5.41) is 13.0. The summed E-state index contributed by atoms with van der Waals surface area (Å²) in [5.41, 5.74) is 2.58. The molecule has 0 aromatic heterocycles. The number of fused-ring (bicyclic) bond motifs is 2. The number of hydrogen-bond donors (Lipinski definition) is 2. The molecular formula is C13H18N2O. The van der Waals surface area contributed by atoms with Crippen LogP contribution in [-0.4, -0.2) is 31.3 Å². The lowest BCUT2D eigenvalue weighted by molar-refractivity contribution is 0.304. The molecule has 0 amide bonds. The van der Waals surface area contributed by atoms with Crippen LogP contribution >= 0.6 is 0 Å². The summed E-state index contributed by atoms with van der Waals surface area (Å²) in [4.78, 5) is 2.39. The summed E-state index contributed by atoms with van der Waals surface area (Å²) >= 11 is 0. The van der Waals surface area contributed by atoms with Crippen molar-refractivity contribution < 1.29 is 5.11 Å². The van der Waals surface area contributed by atoms with Gasteiger partial charge in [-0.1, -0.05) is 0 Å². The Kier molecular flexibility index (Phi) is 2.28. The molecule has 2 aliphatic rings. The number of piperidine rings is 1. The molecule has 2 unspecified atom stereocenters. The molecule has 2 aliphatic heterocycles. The van der Waals surface area contributed by atoms with E-state index >= 15 is 0 Å². The molecule has 0 saturated carbocycles. The zero-order chi connectivity index (χ0) is 11.1. The van der Waals surface area contributed by atoms with Crippen molar-refractivity contribution >= 4 is 5.69 Å². The van der Waals surface area contributed by atoms with Gasteiger partial charge in [0.25, 0.3) is 0 Å². The van der Waals surface area contributed by atoms with Crippen LogP contribution in [0.3, 0.4) is 0 Å². The molecule has 1 aromatic rings. The van der Waals surface area contributed by atoms with Crippen molar-refractivity contribution in [3.05, 3.63) is 23.8 Å². The summed E-state index contributed by atoms with van der Waals surface area (Å²) in [7, 11) is 2.18. The fourth-order valence-corrected chi connectivity index (χ4v) is 3.17. The Morgan fingerprint density at radius 1 is 1.44 bits per heavy atom. The molecule has 1 saturated heterocycles. The molecule has 3 nitrogen and oxygen atoms in total. The Bertz CT molecular complexity index is 405.